The number of rotatable bonds is 5. The standard InChI is InChI=1S/C15H22O3/c1-10-7-11(2)14(13(8-10)17-5)12(16)9-15(3,4)18-6/h7-8H,9H2,1-6H3. The van der Waals surface area contributed by atoms with Crippen molar-refractivity contribution in [3.8, 4) is 5.75 Å². The van der Waals surface area contributed by atoms with E-state index in [-0.39, 0.29) is 5.78 Å². The van der Waals surface area contributed by atoms with Crippen molar-refractivity contribution in [2.45, 2.75) is 39.7 Å². The first-order chi connectivity index (χ1) is 8.30. The summed E-state index contributed by atoms with van der Waals surface area (Å²) in [6, 6.07) is 3.88. The summed E-state index contributed by atoms with van der Waals surface area (Å²) in [4.78, 5) is 12.4. The maximum absolute atomic E-state index is 12.4. The van der Waals surface area contributed by atoms with E-state index in [1.807, 2.05) is 39.8 Å². The van der Waals surface area contributed by atoms with Gasteiger partial charge in [0, 0.05) is 13.5 Å². The predicted octanol–water partition coefficient (Wildman–Crippen LogP) is 3.31. The van der Waals surface area contributed by atoms with Crippen molar-refractivity contribution in [2.24, 2.45) is 0 Å². The lowest BCUT2D eigenvalue weighted by molar-refractivity contribution is 0.0171. The first-order valence-electron chi connectivity index (χ1n) is 6.04. The van der Waals surface area contributed by atoms with Gasteiger partial charge in [-0.3, -0.25) is 4.79 Å². The second-order valence-electron chi connectivity index (χ2n) is 5.22. The summed E-state index contributed by atoms with van der Waals surface area (Å²) >= 11 is 0. The van der Waals surface area contributed by atoms with Crippen molar-refractivity contribution < 1.29 is 14.3 Å². The van der Waals surface area contributed by atoms with Crippen LogP contribution in [0.2, 0.25) is 0 Å². The molecule has 3 heteroatoms. The molecule has 0 radical (unpaired) electrons. The maximum Gasteiger partial charge on any atom is 0.169 e. The van der Waals surface area contributed by atoms with Gasteiger partial charge in [0.15, 0.2) is 5.78 Å². The molecule has 0 aromatic heterocycles. The largest absolute Gasteiger partial charge is 0.496 e. The molecule has 0 atom stereocenters. The van der Waals surface area contributed by atoms with Crippen LogP contribution in [0.15, 0.2) is 12.1 Å². The smallest absolute Gasteiger partial charge is 0.169 e. The number of benzene rings is 1. The number of hydrogen-bond donors (Lipinski definition) is 0. The number of ketones is 1. The zero-order valence-electron chi connectivity index (χ0n) is 12.1. The van der Waals surface area contributed by atoms with Crippen molar-refractivity contribution in [2.75, 3.05) is 14.2 Å². The monoisotopic (exact) mass is 250 g/mol. The van der Waals surface area contributed by atoms with Crippen LogP contribution >= 0.6 is 0 Å². The van der Waals surface area contributed by atoms with Crippen LogP contribution in [-0.4, -0.2) is 25.6 Å². The molecule has 0 fully saturated rings. The van der Waals surface area contributed by atoms with Crippen LogP contribution in [0.4, 0.5) is 0 Å². The number of methoxy groups -OCH3 is 2. The second kappa shape index (κ2) is 5.53. The number of ether oxygens (including phenoxy) is 2. The fraction of sp³-hybridized carbons (Fsp3) is 0.533. The van der Waals surface area contributed by atoms with Gasteiger partial charge in [-0.05, 0) is 44.9 Å². The average molecular weight is 250 g/mol. The highest BCUT2D eigenvalue weighted by Crippen LogP contribution is 2.28. The van der Waals surface area contributed by atoms with Crippen molar-refractivity contribution in [3.05, 3.63) is 28.8 Å². The third-order valence-corrected chi connectivity index (χ3v) is 3.08. The van der Waals surface area contributed by atoms with Crippen LogP contribution in [-0.2, 0) is 4.74 Å². The highest BCUT2D eigenvalue weighted by Gasteiger charge is 2.25. The van der Waals surface area contributed by atoms with Gasteiger partial charge < -0.3 is 9.47 Å². The first kappa shape index (κ1) is 14.7. The Hall–Kier alpha value is -1.35. The summed E-state index contributed by atoms with van der Waals surface area (Å²) in [5.74, 6) is 0.695. The summed E-state index contributed by atoms with van der Waals surface area (Å²) in [5.41, 5.74) is 2.24. The SMILES string of the molecule is COc1cc(C)cc(C)c1C(=O)CC(C)(C)OC. The molecular weight excluding hydrogens is 228 g/mol. The van der Waals surface area contributed by atoms with E-state index in [0.29, 0.717) is 17.7 Å². The maximum atomic E-state index is 12.4. The molecule has 1 rings (SSSR count). The summed E-state index contributed by atoms with van der Waals surface area (Å²) in [5, 5.41) is 0. The van der Waals surface area contributed by atoms with E-state index >= 15 is 0 Å². The topological polar surface area (TPSA) is 35.5 Å². The fourth-order valence-corrected chi connectivity index (χ4v) is 1.99. The van der Waals surface area contributed by atoms with Gasteiger partial charge in [-0.25, -0.2) is 0 Å². The molecule has 100 valence electrons. The molecular formula is C15H22O3. The van der Waals surface area contributed by atoms with Gasteiger partial charge in [0.25, 0.3) is 0 Å². The highest BCUT2D eigenvalue weighted by molar-refractivity contribution is 6.00. The molecule has 1 aromatic carbocycles. The molecule has 0 N–H and O–H groups in total. The van der Waals surface area contributed by atoms with Gasteiger partial charge in [-0.1, -0.05) is 6.07 Å². The predicted molar refractivity (Wildman–Crippen MR) is 72.5 cm³/mol. The molecule has 0 aliphatic carbocycles. The molecule has 3 nitrogen and oxygen atoms in total. The van der Waals surface area contributed by atoms with Crippen LogP contribution < -0.4 is 4.74 Å². The normalized spacial score (nSPS) is 11.4. The Morgan fingerprint density at radius 3 is 2.33 bits per heavy atom. The fourth-order valence-electron chi connectivity index (χ4n) is 1.99. The molecule has 0 spiro atoms. The van der Waals surface area contributed by atoms with Gasteiger partial charge >= 0.3 is 0 Å². The lowest BCUT2D eigenvalue weighted by Crippen LogP contribution is -2.27. The quantitative estimate of drug-likeness (QED) is 0.752. The van der Waals surface area contributed by atoms with E-state index in [2.05, 4.69) is 0 Å². The molecule has 0 amide bonds. The van der Waals surface area contributed by atoms with E-state index in [9.17, 15) is 4.79 Å². The van der Waals surface area contributed by atoms with E-state index in [1.54, 1.807) is 14.2 Å². The van der Waals surface area contributed by atoms with Crippen LogP contribution in [0.25, 0.3) is 0 Å². The Morgan fingerprint density at radius 2 is 1.83 bits per heavy atom. The number of carbonyl (C=O) groups excluding carboxylic acids is 1. The number of carbonyl (C=O) groups is 1. The Balaban J connectivity index is 3.13. The molecule has 18 heavy (non-hydrogen) atoms. The Morgan fingerprint density at radius 1 is 1.22 bits per heavy atom. The van der Waals surface area contributed by atoms with Gasteiger partial charge in [-0.2, -0.15) is 0 Å². The summed E-state index contributed by atoms with van der Waals surface area (Å²) in [6.45, 7) is 7.73. The van der Waals surface area contributed by atoms with Crippen molar-refractivity contribution in [1.82, 2.24) is 0 Å². The van der Waals surface area contributed by atoms with Crippen LogP contribution in [0.1, 0.15) is 41.8 Å². The number of Topliss-reactive ketones (excluding diaryl/α,β-unsaturated/α-hetero) is 1. The van der Waals surface area contributed by atoms with E-state index in [4.69, 9.17) is 9.47 Å². The zero-order chi connectivity index (χ0) is 13.9. The minimum absolute atomic E-state index is 0.0520. The molecule has 1 aromatic rings. The van der Waals surface area contributed by atoms with Crippen LogP contribution in [0.3, 0.4) is 0 Å². The Kier molecular flexibility index (Phi) is 4.52. The van der Waals surface area contributed by atoms with Crippen molar-refractivity contribution in [1.29, 1.82) is 0 Å². The third-order valence-electron chi connectivity index (χ3n) is 3.08. The molecule has 0 unspecified atom stereocenters. The second-order valence-corrected chi connectivity index (χ2v) is 5.22. The summed E-state index contributed by atoms with van der Waals surface area (Å²) in [7, 11) is 3.21. The van der Waals surface area contributed by atoms with Gasteiger partial charge in [0.2, 0.25) is 0 Å². The Bertz CT molecular complexity index is 447. The summed E-state index contributed by atoms with van der Waals surface area (Å²) in [6.07, 6.45) is 0.337. The molecule has 0 saturated carbocycles. The van der Waals surface area contributed by atoms with Gasteiger partial charge in [-0.15, -0.1) is 0 Å². The summed E-state index contributed by atoms with van der Waals surface area (Å²) < 4.78 is 10.6. The van der Waals surface area contributed by atoms with Crippen molar-refractivity contribution >= 4 is 5.78 Å². The number of aryl methyl sites for hydroxylation is 2. The molecule has 0 heterocycles. The highest BCUT2D eigenvalue weighted by atomic mass is 16.5. The zero-order valence-corrected chi connectivity index (χ0v) is 12.1. The lowest BCUT2D eigenvalue weighted by atomic mass is 9.93. The first-order valence-corrected chi connectivity index (χ1v) is 6.04. The van der Waals surface area contributed by atoms with Crippen LogP contribution in [0, 0.1) is 13.8 Å². The van der Waals surface area contributed by atoms with Crippen molar-refractivity contribution in [3.63, 3.8) is 0 Å². The average Bonchev–Trinajstić information content (AvgIpc) is 2.26. The molecule has 0 saturated heterocycles. The lowest BCUT2D eigenvalue weighted by Gasteiger charge is -2.23. The molecule has 0 bridgehead atoms. The molecule has 0 aliphatic heterocycles. The van der Waals surface area contributed by atoms with Crippen LogP contribution in [0.5, 0.6) is 5.75 Å². The number of hydrogen-bond acceptors (Lipinski definition) is 3. The van der Waals surface area contributed by atoms with E-state index in [0.717, 1.165) is 11.1 Å². The van der Waals surface area contributed by atoms with Gasteiger partial charge in [0.1, 0.15) is 5.75 Å². The minimum atomic E-state index is -0.459. The van der Waals surface area contributed by atoms with E-state index in [1.165, 1.54) is 0 Å². The third kappa shape index (κ3) is 3.33. The molecule has 0 aliphatic rings. The van der Waals surface area contributed by atoms with Gasteiger partial charge in [0.05, 0.1) is 18.3 Å². The Labute approximate surface area is 109 Å². The van der Waals surface area contributed by atoms with E-state index < -0.39 is 5.60 Å². The minimum Gasteiger partial charge on any atom is -0.496 e.